The Morgan fingerprint density at radius 1 is 1.12 bits per heavy atom. The van der Waals surface area contributed by atoms with Crippen LogP contribution in [0, 0.1) is 13.8 Å². The second kappa shape index (κ2) is 8.78. The molecule has 0 radical (unpaired) electrons. The van der Waals surface area contributed by atoms with E-state index in [1.807, 2.05) is 31.2 Å². The van der Waals surface area contributed by atoms with Gasteiger partial charge in [0.25, 0.3) is 5.91 Å². The number of anilines is 2. The maximum absolute atomic E-state index is 12.5. The lowest BCUT2D eigenvalue weighted by Gasteiger charge is -2.26. The van der Waals surface area contributed by atoms with E-state index in [1.165, 1.54) is 5.56 Å². The number of carbonyl (C=O) groups is 1. The second-order valence-corrected chi connectivity index (χ2v) is 6.60. The molecule has 0 atom stereocenters. The van der Waals surface area contributed by atoms with E-state index in [9.17, 15) is 4.79 Å². The topological polar surface area (TPSA) is 66.5 Å². The quantitative estimate of drug-likeness (QED) is 0.835. The molecular weight excluding hydrogens is 328 g/mol. The van der Waals surface area contributed by atoms with Crippen LogP contribution < -0.4 is 10.6 Å². The fourth-order valence-corrected chi connectivity index (χ4v) is 2.87. The van der Waals surface area contributed by atoms with Gasteiger partial charge in [0.2, 0.25) is 0 Å². The van der Waals surface area contributed by atoms with Gasteiger partial charge < -0.3 is 15.4 Å². The highest BCUT2D eigenvalue weighted by atomic mass is 16.5. The molecule has 1 saturated heterocycles. The van der Waals surface area contributed by atoms with Crippen molar-refractivity contribution in [3.05, 3.63) is 53.3 Å². The van der Waals surface area contributed by atoms with Crippen LogP contribution in [-0.4, -0.2) is 55.2 Å². The van der Waals surface area contributed by atoms with Gasteiger partial charge in [-0.05, 0) is 43.2 Å². The molecule has 1 aliphatic heterocycles. The van der Waals surface area contributed by atoms with E-state index in [2.05, 4.69) is 27.4 Å². The maximum atomic E-state index is 12.5. The summed E-state index contributed by atoms with van der Waals surface area (Å²) in [4.78, 5) is 19.0. The molecule has 1 amide bonds. The Balaban J connectivity index is 1.55. The Kier molecular flexibility index (Phi) is 6.20. The number of carbonyl (C=O) groups excluding carboxylic acids is 1. The van der Waals surface area contributed by atoms with Crippen molar-refractivity contribution in [2.24, 2.45) is 0 Å². The van der Waals surface area contributed by atoms with Crippen LogP contribution in [-0.2, 0) is 4.74 Å². The molecule has 2 heterocycles. The lowest BCUT2D eigenvalue weighted by Crippen LogP contribution is -2.39. The molecule has 26 heavy (non-hydrogen) atoms. The first kappa shape index (κ1) is 18.4. The summed E-state index contributed by atoms with van der Waals surface area (Å²) < 4.78 is 5.35. The molecule has 1 aliphatic rings. The molecule has 6 heteroatoms. The molecule has 3 rings (SSSR count). The Morgan fingerprint density at radius 3 is 2.69 bits per heavy atom. The van der Waals surface area contributed by atoms with Gasteiger partial charge in [-0.1, -0.05) is 6.07 Å². The summed E-state index contributed by atoms with van der Waals surface area (Å²) in [5, 5.41) is 6.28. The third-order valence-corrected chi connectivity index (χ3v) is 4.63. The largest absolute Gasteiger partial charge is 0.382 e. The van der Waals surface area contributed by atoms with E-state index in [1.54, 1.807) is 12.4 Å². The maximum Gasteiger partial charge on any atom is 0.257 e. The Hall–Kier alpha value is -2.44. The van der Waals surface area contributed by atoms with Crippen LogP contribution in [0.3, 0.4) is 0 Å². The lowest BCUT2D eigenvalue weighted by atomic mass is 10.1. The van der Waals surface area contributed by atoms with Gasteiger partial charge in [0.15, 0.2) is 0 Å². The van der Waals surface area contributed by atoms with Gasteiger partial charge in [0.05, 0.1) is 24.5 Å². The molecule has 0 unspecified atom stereocenters. The summed E-state index contributed by atoms with van der Waals surface area (Å²) in [6, 6.07) is 7.73. The number of ether oxygens (including phenoxy) is 1. The Morgan fingerprint density at radius 2 is 1.92 bits per heavy atom. The van der Waals surface area contributed by atoms with E-state index in [0.717, 1.165) is 56.3 Å². The Labute approximate surface area is 154 Å². The number of pyridine rings is 1. The molecule has 1 aromatic heterocycles. The van der Waals surface area contributed by atoms with Gasteiger partial charge in [-0.15, -0.1) is 0 Å². The fraction of sp³-hybridized carbons (Fsp3) is 0.400. The van der Waals surface area contributed by atoms with Crippen molar-refractivity contribution in [2.45, 2.75) is 13.8 Å². The molecule has 138 valence electrons. The van der Waals surface area contributed by atoms with Crippen molar-refractivity contribution >= 4 is 17.3 Å². The van der Waals surface area contributed by atoms with Crippen molar-refractivity contribution in [1.29, 1.82) is 0 Å². The minimum absolute atomic E-state index is 0.155. The van der Waals surface area contributed by atoms with Crippen LogP contribution >= 0.6 is 0 Å². The van der Waals surface area contributed by atoms with Crippen LogP contribution in [0.1, 0.15) is 21.5 Å². The zero-order valence-electron chi connectivity index (χ0n) is 15.4. The van der Waals surface area contributed by atoms with E-state index < -0.39 is 0 Å². The van der Waals surface area contributed by atoms with Gasteiger partial charge in [-0.25, -0.2) is 0 Å². The Bertz CT molecular complexity index is 757. The van der Waals surface area contributed by atoms with Gasteiger partial charge in [-0.2, -0.15) is 0 Å². The normalized spacial score (nSPS) is 14.8. The first-order valence-electron chi connectivity index (χ1n) is 8.99. The smallest absolute Gasteiger partial charge is 0.257 e. The zero-order chi connectivity index (χ0) is 18.4. The number of benzene rings is 1. The first-order valence-corrected chi connectivity index (χ1v) is 8.99. The summed E-state index contributed by atoms with van der Waals surface area (Å²) in [5.41, 5.74) is 4.55. The molecule has 0 spiro atoms. The van der Waals surface area contributed by atoms with Gasteiger partial charge in [0, 0.05) is 44.3 Å². The van der Waals surface area contributed by atoms with E-state index in [-0.39, 0.29) is 5.91 Å². The summed E-state index contributed by atoms with van der Waals surface area (Å²) in [6.45, 7) is 9.39. The number of rotatable bonds is 6. The number of hydrogen-bond acceptors (Lipinski definition) is 5. The minimum atomic E-state index is -0.155. The molecule has 6 nitrogen and oxygen atoms in total. The van der Waals surface area contributed by atoms with Gasteiger partial charge in [0.1, 0.15) is 0 Å². The summed E-state index contributed by atoms with van der Waals surface area (Å²) in [7, 11) is 0. The summed E-state index contributed by atoms with van der Waals surface area (Å²) in [5.74, 6) is -0.155. The van der Waals surface area contributed by atoms with Crippen molar-refractivity contribution < 1.29 is 9.53 Å². The van der Waals surface area contributed by atoms with Crippen molar-refractivity contribution in [3.63, 3.8) is 0 Å². The van der Waals surface area contributed by atoms with Crippen molar-refractivity contribution in [3.8, 4) is 0 Å². The fourth-order valence-electron chi connectivity index (χ4n) is 2.87. The third-order valence-electron chi connectivity index (χ3n) is 4.63. The molecular formula is C20H26N4O2. The molecule has 2 aromatic rings. The van der Waals surface area contributed by atoms with Crippen molar-refractivity contribution in [1.82, 2.24) is 9.88 Å². The number of aromatic nitrogens is 1. The van der Waals surface area contributed by atoms with E-state index in [4.69, 9.17) is 4.74 Å². The van der Waals surface area contributed by atoms with E-state index in [0.29, 0.717) is 5.56 Å². The second-order valence-electron chi connectivity index (χ2n) is 6.60. The zero-order valence-corrected chi connectivity index (χ0v) is 15.4. The molecule has 2 N–H and O–H groups in total. The number of nitrogens with zero attached hydrogens (tertiary/aromatic N) is 2. The van der Waals surface area contributed by atoms with Crippen LogP contribution in [0.15, 0.2) is 36.7 Å². The predicted octanol–water partition coefficient (Wildman–Crippen LogP) is 2.69. The highest BCUT2D eigenvalue weighted by Gasteiger charge is 2.10. The highest BCUT2D eigenvalue weighted by Crippen LogP contribution is 2.16. The molecule has 1 aromatic carbocycles. The number of morpholine rings is 1. The van der Waals surface area contributed by atoms with Crippen LogP contribution in [0.5, 0.6) is 0 Å². The first-order chi connectivity index (χ1) is 12.6. The minimum Gasteiger partial charge on any atom is -0.382 e. The van der Waals surface area contributed by atoms with Crippen LogP contribution in [0.4, 0.5) is 11.4 Å². The van der Waals surface area contributed by atoms with Gasteiger partial charge in [-0.3, -0.25) is 14.7 Å². The summed E-state index contributed by atoms with van der Waals surface area (Å²) >= 11 is 0. The SMILES string of the molecule is Cc1ccc(NC(=O)c2cncc(NCCN3CCOCC3)c2)cc1C. The molecule has 0 aliphatic carbocycles. The molecule has 0 bridgehead atoms. The number of aryl methyl sites for hydroxylation is 2. The highest BCUT2D eigenvalue weighted by molar-refractivity contribution is 6.04. The number of amides is 1. The number of nitrogens with one attached hydrogen (secondary N) is 2. The number of hydrogen-bond donors (Lipinski definition) is 2. The predicted molar refractivity (Wildman–Crippen MR) is 104 cm³/mol. The van der Waals surface area contributed by atoms with Crippen LogP contribution in [0.25, 0.3) is 0 Å². The third kappa shape index (κ3) is 5.03. The average molecular weight is 354 g/mol. The standard InChI is InChI=1S/C20H26N4O2/c1-15-3-4-18(11-16(15)2)23-20(25)17-12-19(14-21-13-17)22-5-6-24-7-9-26-10-8-24/h3-4,11-14,22H,5-10H2,1-2H3,(H,23,25). The van der Waals surface area contributed by atoms with Crippen LogP contribution in [0.2, 0.25) is 0 Å². The molecule has 0 saturated carbocycles. The van der Waals surface area contributed by atoms with Crippen molar-refractivity contribution in [2.75, 3.05) is 50.0 Å². The average Bonchev–Trinajstić information content (AvgIpc) is 2.66. The monoisotopic (exact) mass is 354 g/mol. The summed E-state index contributed by atoms with van der Waals surface area (Å²) in [6.07, 6.45) is 3.33. The van der Waals surface area contributed by atoms with E-state index >= 15 is 0 Å². The molecule has 1 fully saturated rings. The lowest BCUT2D eigenvalue weighted by molar-refractivity contribution is 0.0398. The van der Waals surface area contributed by atoms with Gasteiger partial charge >= 0.3 is 0 Å².